The molecule has 0 saturated heterocycles. The van der Waals surface area contributed by atoms with Gasteiger partial charge in [0.05, 0.1) is 0 Å². The highest BCUT2D eigenvalue weighted by Crippen LogP contribution is 2.24. The van der Waals surface area contributed by atoms with Crippen molar-refractivity contribution in [1.82, 2.24) is 0 Å². The predicted molar refractivity (Wildman–Crippen MR) is 60.0 cm³/mol. The molecule has 0 aromatic heterocycles. The van der Waals surface area contributed by atoms with E-state index in [2.05, 4.69) is 22.9 Å². The molecule has 0 amide bonds. The summed E-state index contributed by atoms with van der Waals surface area (Å²) in [6.07, 6.45) is 0. The van der Waals surface area contributed by atoms with Crippen LogP contribution < -0.4 is 0 Å². The average Bonchev–Trinajstić information content (AvgIpc) is 2.16. The molecule has 1 aromatic rings. The molecular weight excluding hydrogens is 270 g/mol. The molecule has 0 aliphatic heterocycles. The minimum absolute atomic E-state index is 0.475. The minimum Gasteiger partial charge on any atom is -0.207 e. The quantitative estimate of drug-likeness (QED) is 0.591. The van der Waals surface area contributed by atoms with Gasteiger partial charge in [-0.25, -0.2) is 8.78 Å². The molecule has 0 fully saturated rings. The van der Waals surface area contributed by atoms with Crippen LogP contribution in [0.15, 0.2) is 23.1 Å². The van der Waals surface area contributed by atoms with Crippen LogP contribution >= 0.6 is 27.7 Å². The normalized spacial score (nSPS) is 12.9. The zero-order valence-electron chi connectivity index (χ0n) is 7.77. The van der Waals surface area contributed by atoms with Crippen molar-refractivity contribution in [3.8, 4) is 0 Å². The first-order chi connectivity index (χ1) is 6.63. The standard InChI is InChI=1S/C10H11BrF2S/c1-7(5-11)6-14-10-3-2-8(12)4-9(10)13/h2-4,7H,5-6H2,1H3. The minimum atomic E-state index is -0.527. The van der Waals surface area contributed by atoms with Crippen LogP contribution in [-0.2, 0) is 0 Å². The Bertz CT molecular complexity index is 304. The predicted octanol–water partition coefficient (Wildman–Crippen LogP) is 4.09. The Morgan fingerprint density at radius 1 is 1.43 bits per heavy atom. The van der Waals surface area contributed by atoms with E-state index in [1.54, 1.807) is 0 Å². The third kappa shape index (κ3) is 3.58. The molecule has 0 N–H and O–H groups in total. The van der Waals surface area contributed by atoms with E-state index in [4.69, 9.17) is 0 Å². The van der Waals surface area contributed by atoms with Crippen LogP contribution in [0.2, 0.25) is 0 Å². The number of benzene rings is 1. The molecule has 0 bridgehead atoms. The van der Waals surface area contributed by atoms with E-state index in [1.165, 1.54) is 23.9 Å². The lowest BCUT2D eigenvalue weighted by Gasteiger charge is -2.07. The molecular formula is C10H11BrF2S. The van der Waals surface area contributed by atoms with Crippen LogP contribution in [0.3, 0.4) is 0 Å². The molecule has 1 unspecified atom stereocenters. The molecule has 0 heterocycles. The summed E-state index contributed by atoms with van der Waals surface area (Å²) in [7, 11) is 0. The molecule has 1 atom stereocenters. The van der Waals surface area contributed by atoms with Gasteiger partial charge in [0.15, 0.2) is 0 Å². The summed E-state index contributed by atoms with van der Waals surface area (Å²) in [5.41, 5.74) is 0. The van der Waals surface area contributed by atoms with Crippen LogP contribution in [0.4, 0.5) is 8.78 Å². The van der Waals surface area contributed by atoms with Gasteiger partial charge in [0, 0.05) is 22.0 Å². The third-order valence-electron chi connectivity index (χ3n) is 1.68. The van der Waals surface area contributed by atoms with Gasteiger partial charge in [-0.2, -0.15) is 0 Å². The second kappa shape index (κ2) is 5.71. The van der Waals surface area contributed by atoms with E-state index in [-0.39, 0.29) is 0 Å². The van der Waals surface area contributed by atoms with E-state index in [1.807, 2.05) is 0 Å². The highest BCUT2D eigenvalue weighted by molar-refractivity contribution is 9.09. The van der Waals surface area contributed by atoms with Crippen molar-refractivity contribution in [2.24, 2.45) is 5.92 Å². The van der Waals surface area contributed by atoms with Gasteiger partial charge in [0.25, 0.3) is 0 Å². The van der Waals surface area contributed by atoms with E-state index in [0.29, 0.717) is 10.8 Å². The Morgan fingerprint density at radius 2 is 2.14 bits per heavy atom. The Labute approximate surface area is 95.2 Å². The van der Waals surface area contributed by atoms with E-state index < -0.39 is 11.6 Å². The molecule has 0 nitrogen and oxygen atoms in total. The van der Waals surface area contributed by atoms with Crippen LogP contribution in [0.25, 0.3) is 0 Å². The first-order valence-corrected chi connectivity index (χ1v) is 6.38. The molecule has 1 rings (SSSR count). The zero-order valence-corrected chi connectivity index (χ0v) is 10.2. The van der Waals surface area contributed by atoms with Crippen molar-refractivity contribution in [1.29, 1.82) is 0 Å². The van der Waals surface area contributed by atoms with Gasteiger partial charge in [-0.3, -0.25) is 0 Å². The molecule has 78 valence electrons. The maximum Gasteiger partial charge on any atom is 0.139 e. The lowest BCUT2D eigenvalue weighted by atomic mass is 10.3. The first kappa shape index (κ1) is 12.0. The van der Waals surface area contributed by atoms with Crippen molar-refractivity contribution >= 4 is 27.7 Å². The van der Waals surface area contributed by atoms with Crippen molar-refractivity contribution < 1.29 is 8.78 Å². The molecule has 0 aliphatic rings. The van der Waals surface area contributed by atoms with E-state index >= 15 is 0 Å². The van der Waals surface area contributed by atoms with Gasteiger partial charge in [-0.05, 0) is 18.1 Å². The van der Waals surface area contributed by atoms with Gasteiger partial charge in [0.2, 0.25) is 0 Å². The van der Waals surface area contributed by atoms with Crippen molar-refractivity contribution in [3.63, 3.8) is 0 Å². The average molecular weight is 281 g/mol. The van der Waals surface area contributed by atoms with Crippen LogP contribution in [0, 0.1) is 17.6 Å². The first-order valence-electron chi connectivity index (χ1n) is 4.27. The second-order valence-electron chi connectivity index (χ2n) is 3.15. The SMILES string of the molecule is CC(CBr)CSc1ccc(F)cc1F. The largest absolute Gasteiger partial charge is 0.207 e. The van der Waals surface area contributed by atoms with Crippen molar-refractivity contribution in [2.45, 2.75) is 11.8 Å². The third-order valence-corrected chi connectivity index (χ3v) is 4.16. The van der Waals surface area contributed by atoms with Gasteiger partial charge in [0.1, 0.15) is 11.6 Å². The lowest BCUT2D eigenvalue weighted by Crippen LogP contribution is -1.99. The Hall–Kier alpha value is -0.0900. The smallest absolute Gasteiger partial charge is 0.139 e. The summed E-state index contributed by atoms with van der Waals surface area (Å²) in [5, 5.41) is 0.892. The fourth-order valence-electron chi connectivity index (χ4n) is 0.869. The Kier molecular flexibility index (Phi) is 4.89. The highest BCUT2D eigenvalue weighted by atomic mass is 79.9. The summed E-state index contributed by atoms with van der Waals surface area (Å²) < 4.78 is 25.7. The maximum atomic E-state index is 13.1. The number of alkyl halides is 1. The summed E-state index contributed by atoms with van der Waals surface area (Å²) in [5.74, 6) is 0.301. The summed E-state index contributed by atoms with van der Waals surface area (Å²) in [4.78, 5) is 0.513. The molecule has 0 spiro atoms. The number of thioether (sulfide) groups is 1. The number of hydrogen-bond donors (Lipinski definition) is 0. The van der Waals surface area contributed by atoms with Crippen LogP contribution in [-0.4, -0.2) is 11.1 Å². The number of rotatable bonds is 4. The molecule has 14 heavy (non-hydrogen) atoms. The Balaban J connectivity index is 2.59. The van der Waals surface area contributed by atoms with Gasteiger partial charge in [-0.15, -0.1) is 11.8 Å². The summed E-state index contributed by atoms with van der Waals surface area (Å²) in [6, 6.07) is 3.68. The van der Waals surface area contributed by atoms with Gasteiger partial charge >= 0.3 is 0 Å². The number of halogens is 3. The van der Waals surface area contributed by atoms with Gasteiger partial charge in [-0.1, -0.05) is 22.9 Å². The summed E-state index contributed by atoms with van der Waals surface area (Å²) >= 11 is 4.77. The fraction of sp³-hybridized carbons (Fsp3) is 0.400. The van der Waals surface area contributed by atoms with E-state index in [9.17, 15) is 8.78 Å². The van der Waals surface area contributed by atoms with Crippen molar-refractivity contribution in [2.75, 3.05) is 11.1 Å². The molecule has 0 aliphatic carbocycles. The maximum absolute atomic E-state index is 13.1. The topological polar surface area (TPSA) is 0 Å². The van der Waals surface area contributed by atoms with Crippen LogP contribution in [0.1, 0.15) is 6.92 Å². The zero-order chi connectivity index (χ0) is 10.6. The molecule has 0 radical (unpaired) electrons. The second-order valence-corrected chi connectivity index (χ2v) is 4.85. The van der Waals surface area contributed by atoms with E-state index in [0.717, 1.165) is 17.1 Å². The van der Waals surface area contributed by atoms with Crippen molar-refractivity contribution in [3.05, 3.63) is 29.8 Å². The highest BCUT2D eigenvalue weighted by Gasteiger charge is 2.06. The fourth-order valence-corrected chi connectivity index (χ4v) is 2.34. The number of hydrogen-bond acceptors (Lipinski definition) is 1. The van der Waals surface area contributed by atoms with Crippen LogP contribution in [0.5, 0.6) is 0 Å². The Morgan fingerprint density at radius 3 is 2.71 bits per heavy atom. The monoisotopic (exact) mass is 280 g/mol. The molecule has 1 aromatic carbocycles. The lowest BCUT2D eigenvalue weighted by molar-refractivity contribution is 0.565. The van der Waals surface area contributed by atoms with Gasteiger partial charge < -0.3 is 0 Å². The molecule has 4 heteroatoms. The summed E-state index contributed by atoms with van der Waals surface area (Å²) in [6.45, 7) is 2.07. The molecule has 0 saturated carbocycles.